The number of rotatable bonds is 4. The maximum atomic E-state index is 5.63. The molecule has 1 heterocycles. The minimum atomic E-state index is 0.402. The molecular formula is C14H16BrN3. The largest absolute Gasteiger partial charge is 0.330 e. The number of benzene rings is 1. The summed E-state index contributed by atoms with van der Waals surface area (Å²) >= 11 is 3.54. The highest BCUT2D eigenvalue weighted by Gasteiger charge is 2.07. The maximum absolute atomic E-state index is 5.63. The molecule has 0 aliphatic rings. The molecule has 1 aromatic carbocycles. The van der Waals surface area contributed by atoms with Crippen LogP contribution in [-0.4, -0.2) is 16.5 Å². The van der Waals surface area contributed by atoms with E-state index in [0.29, 0.717) is 12.5 Å². The van der Waals surface area contributed by atoms with Gasteiger partial charge < -0.3 is 5.73 Å². The number of hydrogen-bond donors (Lipinski definition) is 1. The Morgan fingerprint density at radius 3 is 2.78 bits per heavy atom. The van der Waals surface area contributed by atoms with Crippen molar-refractivity contribution in [1.29, 1.82) is 0 Å². The minimum Gasteiger partial charge on any atom is -0.330 e. The lowest BCUT2D eigenvalue weighted by Crippen LogP contribution is -2.14. The molecule has 0 saturated heterocycles. The second kappa shape index (κ2) is 6.07. The third kappa shape index (κ3) is 3.15. The van der Waals surface area contributed by atoms with Gasteiger partial charge in [-0.1, -0.05) is 41.1 Å². The molecule has 94 valence electrons. The van der Waals surface area contributed by atoms with Crippen molar-refractivity contribution >= 4 is 15.9 Å². The normalized spacial score (nSPS) is 12.4. The smallest absolute Gasteiger partial charge is 0.129 e. The van der Waals surface area contributed by atoms with E-state index in [0.717, 1.165) is 28.0 Å². The van der Waals surface area contributed by atoms with Crippen LogP contribution in [0.3, 0.4) is 0 Å². The molecule has 0 bridgehead atoms. The summed E-state index contributed by atoms with van der Waals surface area (Å²) in [5.41, 5.74) is 7.66. The number of halogens is 1. The number of hydrogen-bond acceptors (Lipinski definition) is 3. The first-order chi connectivity index (χ1) is 8.70. The van der Waals surface area contributed by atoms with Crippen LogP contribution in [0.4, 0.5) is 0 Å². The molecule has 2 aromatic rings. The van der Waals surface area contributed by atoms with Gasteiger partial charge in [-0.15, -0.1) is 0 Å². The monoisotopic (exact) mass is 305 g/mol. The first-order valence-corrected chi connectivity index (χ1v) is 6.77. The van der Waals surface area contributed by atoms with Crippen LogP contribution in [-0.2, 0) is 6.42 Å². The molecule has 2 rings (SSSR count). The van der Waals surface area contributed by atoms with Gasteiger partial charge in [0.2, 0.25) is 0 Å². The Hall–Kier alpha value is -1.26. The molecule has 0 fully saturated rings. The van der Waals surface area contributed by atoms with Crippen LogP contribution in [0.5, 0.6) is 0 Å². The third-order valence-corrected chi connectivity index (χ3v) is 3.48. The lowest BCUT2D eigenvalue weighted by molar-refractivity contribution is 0.574. The van der Waals surface area contributed by atoms with Gasteiger partial charge in [-0.25, -0.2) is 9.97 Å². The Balaban J connectivity index is 2.30. The van der Waals surface area contributed by atoms with Gasteiger partial charge in [0.15, 0.2) is 0 Å². The zero-order chi connectivity index (χ0) is 13.0. The van der Waals surface area contributed by atoms with Crippen LogP contribution in [0.25, 0.3) is 11.3 Å². The third-order valence-electron chi connectivity index (χ3n) is 2.79. The van der Waals surface area contributed by atoms with E-state index in [9.17, 15) is 0 Å². The van der Waals surface area contributed by atoms with Crippen molar-refractivity contribution in [3.8, 4) is 11.3 Å². The van der Waals surface area contributed by atoms with E-state index in [-0.39, 0.29) is 0 Å². The fourth-order valence-electron chi connectivity index (χ4n) is 1.71. The molecule has 1 unspecified atom stereocenters. The van der Waals surface area contributed by atoms with Crippen molar-refractivity contribution in [3.63, 3.8) is 0 Å². The molecule has 0 amide bonds. The molecule has 1 aromatic heterocycles. The maximum Gasteiger partial charge on any atom is 0.129 e. The van der Waals surface area contributed by atoms with Gasteiger partial charge >= 0.3 is 0 Å². The summed E-state index contributed by atoms with van der Waals surface area (Å²) < 4.78 is 1.04. The quantitative estimate of drug-likeness (QED) is 0.944. The van der Waals surface area contributed by atoms with Crippen LogP contribution in [0.2, 0.25) is 0 Å². The first-order valence-electron chi connectivity index (χ1n) is 5.97. The van der Waals surface area contributed by atoms with E-state index >= 15 is 0 Å². The molecule has 0 aliphatic heterocycles. The molecular weight excluding hydrogens is 290 g/mol. The summed E-state index contributed by atoms with van der Waals surface area (Å²) in [4.78, 5) is 8.90. The predicted octanol–water partition coefficient (Wildman–Crippen LogP) is 3.04. The summed E-state index contributed by atoms with van der Waals surface area (Å²) in [6.45, 7) is 2.76. The van der Waals surface area contributed by atoms with Crippen LogP contribution in [0.1, 0.15) is 12.7 Å². The van der Waals surface area contributed by atoms with Crippen LogP contribution < -0.4 is 5.73 Å². The van der Waals surface area contributed by atoms with Crippen molar-refractivity contribution in [1.82, 2.24) is 9.97 Å². The van der Waals surface area contributed by atoms with E-state index in [2.05, 4.69) is 32.8 Å². The SMILES string of the molecule is CC(CN)Cc1nccc(-c2ccccc2Br)n1. The van der Waals surface area contributed by atoms with E-state index in [1.807, 2.05) is 30.3 Å². The molecule has 0 saturated carbocycles. The summed E-state index contributed by atoms with van der Waals surface area (Å²) in [7, 11) is 0. The molecule has 18 heavy (non-hydrogen) atoms. The Morgan fingerprint density at radius 1 is 1.28 bits per heavy atom. The van der Waals surface area contributed by atoms with Crippen LogP contribution >= 0.6 is 15.9 Å². The van der Waals surface area contributed by atoms with E-state index < -0.39 is 0 Å². The molecule has 2 N–H and O–H groups in total. The average molecular weight is 306 g/mol. The highest BCUT2D eigenvalue weighted by atomic mass is 79.9. The second-order valence-electron chi connectivity index (χ2n) is 4.38. The molecule has 3 nitrogen and oxygen atoms in total. The zero-order valence-electron chi connectivity index (χ0n) is 10.3. The van der Waals surface area contributed by atoms with Gasteiger partial charge in [0, 0.05) is 22.7 Å². The highest BCUT2D eigenvalue weighted by Crippen LogP contribution is 2.26. The summed E-state index contributed by atoms with van der Waals surface area (Å²) in [5.74, 6) is 1.25. The van der Waals surface area contributed by atoms with Gasteiger partial charge in [-0.05, 0) is 24.6 Å². The van der Waals surface area contributed by atoms with Crippen LogP contribution in [0, 0.1) is 5.92 Å². The Labute approximate surface area is 116 Å². The first kappa shape index (κ1) is 13.2. The van der Waals surface area contributed by atoms with Gasteiger partial charge in [0.05, 0.1) is 5.69 Å². The Morgan fingerprint density at radius 2 is 2.06 bits per heavy atom. The molecule has 4 heteroatoms. The highest BCUT2D eigenvalue weighted by molar-refractivity contribution is 9.10. The summed E-state index contributed by atoms with van der Waals surface area (Å²) in [6, 6.07) is 9.98. The van der Waals surface area contributed by atoms with Crippen molar-refractivity contribution in [2.45, 2.75) is 13.3 Å². The zero-order valence-corrected chi connectivity index (χ0v) is 11.9. The second-order valence-corrected chi connectivity index (χ2v) is 5.24. The summed E-state index contributed by atoms with van der Waals surface area (Å²) in [6.07, 6.45) is 2.62. The molecule has 0 aliphatic carbocycles. The fourth-order valence-corrected chi connectivity index (χ4v) is 2.20. The molecule has 0 radical (unpaired) electrons. The van der Waals surface area contributed by atoms with Gasteiger partial charge in [0.25, 0.3) is 0 Å². The van der Waals surface area contributed by atoms with Crippen LogP contribution in [0.15, 0.2) is 41.0 Å². The number of nitrogens with two attached hydrogens (primary N) is 1. The fraction of sp³-hybridized carbons (Fsp3) is 0.286. The Bertz CT molecular complexity index is 528. The van der Waals surface area contributed by atoms with Crippen molar-refractivity contribution < 1.29 is 0 Å². The summed E-state index contributed by atoms with van der Waals surface area (Å²) in [5, 5.41) is 0. The minimum absolute atomic E-state index is 0.402. The van der Waals surface area contributed by atoms with Gasteiger partial charge in [0.1, 0.15) is 5.82 Å². The molecule has 1 atom stereocenters. The van der Waals surface area contributed by atoms with Gasteiger partial charge in [-0.3, -0.25) is 0 Å². The van der Waals surface area contributed by atoms with Gasteiger partial charge in [-0.2, -0.15) is 0 Å². The molecule has 0 spiro atoms. The van der Waals surface area contributed by atoms with Crippen molar-refractivity contribution in [2.75, 3.05) is 6.54 Å². The van der Waals surface area contributed by atoms with Crippen molar-refractivity contribution in [3.05, 3.63) is 46.8 Å². The lowest BCUT2D eigenvalue weighted by atomic mass is 10.1. The Kier molecular flexibility index (Phi) is 4.44. The lowest BCUT2D eigenvalue weighted by Gasteiger charge is -2.09. The van der Waals surface area contributed by atoms with E-state index in [1.54, 1.807) is 6.20 Å². The van der Waals surface area contributed by atoms with Crippen molar-refractivity contribution in [2.24, 2.45) is 11.7 Å². The average Bonchev–Trinajstić information content (AvgIpc) is 2.39. The number of nitrogens with zero attached hydrogens (tertiary/aromatic N) is 2. The van der Waals surface area contributed by atoms with E-state index in [4.69, 9.17) is 5.73 Å². The predicted molar refractivity (Wildman–Crippen MR) is 77.1 cm³/mol. The number of aromatic nitrogens is 2. The van der Waals surface area contributed by atoms with E-state index in [1.165, 1.54) is 0 Å². The standard InChI is InChI=1S/C14H16BrN3/c1-10(9-16)8-14-17-7-6-13(18-14)11-4-2-3-5-12(11)15/h2-7,10H,8-9,16H2,1H3. The topological polar surface area (TPSA) is 51.8 Å².